The van der Waals surface area contributed by atoms with Crippen molar-refractivity contribution in [3.05, 3.63) is 0 Å². The highest BCUT2D eigenvalue weighted by molar-refractivity contribution is 5.73. The van der Waals surface area contributed by atoms with E-state index >= 15 is 0 Å². The molecule has 0 amide bonds. The van der Waals surface area contributed by atoms with Crippen molar-refractivity contribution in [3.63, 3.8) is 0 Å². The first-order valence-corrected chi connectivity index (χ1v) is 5.73. The lowest BCUT2D eigenvalue weighted by Crippen LogP contribution is -2.30. The van der Waals surface area contributed by atoms with Gasteiger partial charge in [0.15, 0.2) is 0 Å². The molecule has 0 bridgehead atoms. The Bertz CT molecular complexity index is 214. The van der Waals surface area contributed by atoms with Crippen LogP contribution < -0.4 is 22.9 Å². The van der Waals surface area contributed by atoms with Crippen LogP contribution in [0.2, 0.25) is 0 Å². The van der Waals surface area contributed by atoms with Gasteiger partial charge in [-0.1, -0.05) is 0 Å². The summed E-state index contributed by atoms with van der Waals surface area (Å²) in [5, 5.41) is 16.5. The van der Waals surface area contributed by atoms with E-state index in [0.29, 0.717) is 38.8 Å². The number of carbonyl (C=O) groups is 2. The molecule has 18 heavy (non-hydrogen) atoms. The lowest BCUT2D eigenvalue weighted by Gasteiger charge is -2.02. The first kappa shape index (κ1) is 19.1. The Morgan fingerprint density at radius 1 is 0.833 bits per heavy atom. The first-order valence-electron chi connectivity index (χ1n) is 5.73. The molecule has 8 nitrogen and oxygen atoms in total. The molecule has 0 heterocycles. The van der Waals surface area contributed by atoms with E-state index in [0.717, 1.165) is 0 Å². The van der Waals surface area contributed by atoms with E-state index in [1.165, 1.54) is 0 Å². The smallest absolute Gasteiger partial charge is 0.320 e. The SMILES string of the molecule is NCCCC(N)C(=O)O.NCCCC(N)C(=O)O. The first-order chi connectivity index (χ1) is 8.36. The Morgan fingerprint density at radius 3 is 1.28 bits per heavy atom. The number of rotatable bonds is 8. The van der Waals surface area contributed by atoms with Crippen LogP contribution in [-0.2, 0) is 9.59 Å². The van der Waals surface area contributed by atoms with Crippen molar-refractivity contribution in [2.24, 2.45) is 22.9 Å². The minimum atomic E-state index is -0.955. The van der Waals surface area contributed by atoms with E-state index in [2.05, 4.69) is 0 Å². The Labute approximate surface area is 106 Å². The van der Waals surface area contributed by atoms with Gasteiger partial charge < -0.3 is 33.1 Å². The summed E-state index contributed by atoms with van der Waals surface area (Å²) in [6.07, 6.45) is 2.28. The zero-order valence-corrected chi connectivity index (χ0v) is 10.4. The molecule has 8 heteroatoms. The fraction of sp³-hybridized carbons (Fsp3) is 0.800. The number of nitrogens with two attached hydrogens (primary N) is 4. The summed E-state index contributed by atoms with van der Waals surface area (Å²) in [4.78, 5) is 20.1. The van der Waals surface area contributed by atoms with Gasteiger partial charge in [0.2, 0.25) is 0 Å². The molecular formula is C10H24N4O4. The molecule has 0 aromatic rings. The highest BCUT2D eigenvalue weighted by atomic mass is 16.4. The summed E-state index contributed by atoms with van der Waals surface area (Å²) in [6.45, 7) is 1.00. The minimum Gasteiger partial charge on any atom is -0.480 e. The van der Waals surface area contributed by atoms with Crippen LogP contribution in [0.15, 0.2) is 0 Å². The summed E-state index contributed by atoms with van der Waals surface area (Å²) >= 11 is 0. The molecular weight excluding hydrogens is 240 g/mol. The topological polar surface area (TPSA) is 179 Å². The fourth-order valence-electron chi connectivity index (χ4n) is 0.922. The van der Waals surface area contributed by atoms with E-state index in [4.69, 9.17) is 33.1 Å². The second-order valence-electron chi connectivity index (χ2n) is 3.75. The second kappa shape index (κ2) is 12.2. The maximum absolute atomic E-state index is 10.0. The van der Waals surface area contributed by atoms with Crippen LogP contribution in [-0.4, -0.2) is 47.3 Å². The third-order valence-electron chi connectivity index (χ3n) is 2.07. The Balaban J connectivity index is 0. The molecule has 2 atom stereocenters. The van der Waals surface area contributed by atoms with Gasteiger partial charge in [0.25, 0.3) is 0 Å². The van der Waals surface area contributed by atoms with Crippen LogP contribution in [0.25, 0.3) is 0 Å². The van der Waals surface area contributed by atoms with Crippen LogP contribution in [0, 0.1) is 0 Å². The number of aliphatic carboxylic acids is 2. The van der Waals surface area contributed by atoms with Gasteiger partial charge in [-0.15, -0.1) is 0 Å². The molecule has 0 saturated heterocycles. The molecule has 10 N–H and O–H groups in total. The van der Waals surface area contributed by atoms with Crippen molar-refractivity contribution in [1.82, 2.24) is 0 Å². The van der Waals surface area contributed by atoms with Crippen molar-refractivity contribution in [3.8, 4) is 0 Å². The van der Waals surface area contributed by atoms with Gasteiger partial charge >= 0.3 is 11.9 Å². The van der Waals surface area contributed by atoms with Gasteiger partial charge in [0, 0.05) is 0 Å². The molecule has 0 aromatic carbocycles. The predicted octanol–water partition coefficient (Wildman–Crippen LogP) is -1.73. The monoisotopic (exact) mass is 264 g/mol. The van der Waals surface area contributed by atoms with Gasteiger partial charge in [-0.3, -0.25) is 9.59 Å². The average Bonchev–Trinajstić information content (AvgIpc) is 2.33. The fourth-order valence-corrected chi connectivity index (χ4v) is 0.922. The number of hydrogen-bond donors (Lipinski definition) is 6. The number of carboxylic acid groups (broad SMARTS) is 2. The second-order valence-corrected chi connectivity index (χ2v) is 3.75. The van der Waals surface area contributed by atoms with Gasteiger partial charge in [0.1, 0.15) is 12.1 Å². The number of hydrogen-bond acceptors (Lipinski definition) is 6. The summed E-state index contributed by atoms with van der Waals surface area (Å²) in [5.74, 6) is -1.91. The predicted molar refractivity (Wildman–Crippen MR) is 67.8 cm³/mol. The zero-order valence-electron chi connectivity index (χ0n) is 10.4. The van der Waals surface area contributed by atoms with Crippen molar-refractivity contribution in [2.45, 2.75) is 37.8 Å². The van der Waals surface area contributed by atoms with E-state index in [1.54, 1.807) is 0 Å². The van der Waals surface area contributed by atoms with Gasteiger partial charge in [-0.25, -0.2) is 0 Å². The van der Waals surface area contributed by atoms with E-state index in [1.807, 2.05) is 0 Å². The largest absolute Gasteiger partial charge is 0.480 e. The summed E-state index contributed by atoms with van der Waals surface area (Å²) in [6, 6.07) is -1.48. The van der Waals surface area contributed by atoms with Gasteiger partial charge in [-0.05, 0) is 38.8 Å². The molecule has 0 aliphatic heterocycles. The molecule has 0 aliphatic rings. The summed E-state index contributed by atoms with van der Waals surface area (Å²) in [5.41, 5.74) is 20.6. The molecule has 2 unspecified atom stereocenters. The molecule has 0 saturated carbocycles. The maximum atomic E-state index is 10.0. The quantitative estimate of drug-likeness (QED) is 0.299. The van der Waals surface area contributed by atoms with Crippen molar-refractivity contribution >= 4 is 11.9 Å². The highest BCUT2D eigenvalue weighted by Gasteiger charge is 2.09. The molecule has 0 fully saturated rings. The molecule has 0 radical (unpaired) electrons. The average molecular weight is 264 g/mol. The van der Waals surface area contributed by atoms with Crippen molar-refractivity contribution < 1.29 is 19.8 Å². The Morgan fingerprint density at radius 2 is 1.11 bits per heavy atom. The van der Waals surface area contributed by atoms with Crippen LogP contribution in [0.5, 0.6) is 0 Å². The Kier molecular flexibility index (Phi) is 13.0. The van der Waals surface area contributed by atoms with Gasteiger partial charge in [0.05, 0.1) is 0 Å². The normalized spacial score (nSPS) is 13.1. The number of carboxylic acids is 2. The summed E-state index contributed by atoms with van der Waals surface area (Å²) in [7, 11) is 0. The van der Waals surface area contributed by atoms with Gasteiger partial charge in [-0.2, -0.15) is 0 Å². The molecule has 108 valence electrons. The Hall–Kier alpha value is -1.22. The summed E-state index contributed by atoms with van der Waals surface area (Å²) < 4.78 is 0. The maximum Gasteiger partial charge on any atom is 0.320 e. The third kappa shape index (κ3) is 12.8. The van der Waals surface area contributed by atoms with E-state index in [-0.39, 0.29) is 0 Å². The van der Waals surface area contributed by atoms with Crippen LogP contribution in [0.4, 0.5) is 0 Å². The molecule has 0 rings (SSSR count). The molecule has 0 spiro atoms. The standard InChI is InChI=1S/2C5H12N2O2/c2*6-3-1-2-4(7)5(8)9/h2*4H,1-3,6-7H2,(H,8,9). The van der Waals surface area contributed by atoms with Crippen molar-refractivity contribution in [1.29, 1.82) is 0 Å². The molecule has 0 aliphatic carbocycles. The van der Waals surface area contributed by atoms with Crippen molar-refractivity contribution in [2.75, 3.05) is 13.1 Å². The lowest BCUT2D eigenvalue weighted by molar-refractivity contribution is -0.139. The zero-order chi connectivity index (χ0) is 14.6. The third-order valence-corrected chi connectivity index (χ3v) is 2.07. The lowest BCUT2D eigenvalue weighted by atomic mass is 10.2. The minimum absolute atomic E-state index is 0.464. The highest BCUT2D eigenvalue weighted by Crippen LogP contribution is 1.91. The van der Waals surface area contributed by atoms with E-state index < -0.39 is 24.0 Å². The van der Waals surface area contributed by atoms with E-state index in [9.17, 15) is 9.59 Å². The van der Waals surface area contributed by atoms with Crippen LogP contribution in [0.1, 0.15) is 25.7 Å². The van der Waals surface area contributed by atoms with Crippen LogP contribution >= 0.6 is 0 Å². The van der Waals surface area contributed by atoms with Crippen LogP contribution in [0.3, 0.4) is 0 Å². The molecule has 0 aromatic heterocycles.